The van der Waals surface area contributed by atoms with Crippen LogP contribution < -0.4 is 10.6 Å². The molecule has 2 aliphatic heterocycles. The third-order valence-corrected chi connectivity index (χ3v) is 7.24. The second-order valence-electron chi connectivity index (χ2n) is 10.00. The molecular weight excluding hydrogens is 504 g/mol. The van der Waals surface area contributed by atoms with Gasteiger partial charge >= 0.3 is 12.5 Å². The van der Waals surface area contributed by atoms with Gasteiger partial charge in [-0.05, 0) is 30.1 Å². The van der Waals surface area contributed by atoms with Crippen LogP contribution in [0.2, 0.25) is 0 Å². The smallest absolute Gasteiger partial charge is 0.383 e. The highest BCUT2D eigenvalue weighted by Gasteiger charge is 2.69. The van der Waals surface area contributed by atoms with E-state index in [0.717, 1.165) is 4.90 Å². The van der Waals surface area contributed by atoms with Gasteiger partial charge in [0.2, 0.25) is 11.8 Å². The molecule has 3 amide bonds. The van der Waals surface area contributed by atoms with Gasteiger partial charge in [-0.1, -0.05) is 13.8 Å². The van der Waals surface area contributed by atoms with E-state index in [0.29, 0.717) is 0 Å². The van der Waals surface area contributed by atoms with E-state index < -0.39 is 84.5 Å². The number of amides is 3. The fourth-order valence-corrected chi connectivity index (χ4v) is 5.25. The van der Waals surface area contributed by atoms with Gasteiger partial charge < -0.3 is 20.6 Å². The number of carbonyl (C=O) groups is 4. The molecule has 0 spiro atoms. The molecule has 3 rings (SSSR count). The molecule has 0 aromatic heterocycles. The topological polar surface area (TPSA) is 125 Å². The zero-order chi connectivity index (χ0) is 27.2. The molecule has 0 bridgehead atoms. The lowest BCUT2D eigenvalue weighted by Crippen LogP contribution is -2.56. The summed E-state index contributed by atoms with van der Waals surface area (Å²) in [5.74, 6) is -5.44. The van der Waals surface area contributed by atoms with Crippen molar-refractivity contribution in [2.24, 2.45) is 23.2 Å². The summed E-state index contributed by atoms with van der Waals surface area (Å²) in [7, 11) is 0. The van der Waals surface area contributed by atoms with Crippen molar-refractivity contribution in [3.05, 3.63) is 0 Å². The Morgan fingerprint density at radius 1 is 1.22 bits per heavy atom. The van der Waals surface area contributed by atoms with E-state index in [1.807, 2.05) is 0 Å². The third kappa shape index (κ3) is 6.28. The van der Waals surface area contributed by atoms with Crippen molar-refractivity contribution in [3.63, 3.8) is 0 Å². The van der Waals surface area contributed by atoms with Gasteiger partial charge in [0, 0.05) is 19.0 Å². The van der Waals surface area contributed by atoms with Crippen LogP contribution in [0.5, 0.6) is 0 Å². The minimum atomic E-state index is -5.12. The van der Waals surface area contributed by atoms with Gasteiger partial charge in [0.1, 0.15) is 18.8 Å². The van der Waals surface area contributed by atoms with Crippen LogP contribution in [0.25, 0.3) is 0 Å². The first-order valence-electron chi connectivity index (χ1n) is 11.3. The summed E-state index contributed by atoms with van der Waals surface area (Å²) >= 11 is 0. The number of likely N-dealkylation sites (tertiary alicyclic amines) is 1. The van der Waals surface area contributed by atoms with Crippen LogP contribution in [0.1, 0.15) is 33.1 Å². The summed E-state index contributed by atoms with van der Waals surface area (Å²) in [6, 6.07) is -2.93. The molecule has 3 N–H and O–H groups in total. The summed E-state index contributed by atoms with van der Waals surface area (Å²) < 4.78 is 79.0. The molecule has 36 heavy (non-hydrogen) atoms. The van der Waals surface area contributed by atoms with Gasteiger partial charge in [-0.2, -0.15) is 13.2 Å². The average Bonchev–Trinajstić information content (AvgIpc) is 3.09. The number of hydrogen-bond acceptors (Lipinski definition) is 6. The van der Waals surface area contributed by atoms with Crippen molar-refractivity contribution < 1.29 is 55.4 Å². The second-order valence-corrected chi connectivity index (χ2v) is 10.00. The number of carbonyl (C=O) groups excluding carboxylic acids is 4. The number of nitrogens with zero attached hydrogens (tertiary/aromatic N) is 1. The molecule has 3 unspecified atom stereocenters. The zero-order valence-corrected chi connectivity index (χ0v) is 19.4. The standard InChI is InChI=1S/C21H27F6N3O6/c1-19(2)10-7-30(18(35)12(31)6-20(22,23)24)15(14(10)19)17(34)29-11(5-9-3-4-28-16(9)33)13(32)8-36-21(25,26)27/h9-12,14-15,31H,3-8H2,1-2H3,(H,28,33)(H,29,34)/t9?,10-,11?,12?,14-,15-/m0/s1. The number of aliphatic hydroxyl groups excluding tert-OH is 1. The molecule has 1 saturated carbocycles. The monoisotopic (exact) mass is 531 g/mol. The largest absolute Gasteiger partial charge is 0.522 e. The maximum atomic E-state index is 13.2. The summed E-state index contributed by atoms with van der Waals surface area (Å²) in [6.45, 7) is 2.29. The highest BCUT2D eigenvalue weighted by molar-refractivity contribution is 5.95. The van der Waals surface area contributed by atoms with Crippen molar-refractivity contribution in [1.29, 1.82) is 0 Å². The van der Waals surface area contributed by atoms with Gasteiger partial charge in [0.15, 0.2) is 5.78 Å². The number of Topliss-reactive ketones (excluding diaryl/α,β-unsaturated/α-hetero) is 1. The van der Waals surface area contributed by atoms with Crippen molar-refractivity contribution in [3.8, 4) is 0 Å². The average molecular weight is 531 g/mol. The van der Waals surface area contributed by atoms with Crippen LogP contribution >= 0.6 is 0 Å². The number of ether oxygens (including phenoxy) is 1. The molecule has 15 heteroatoms. The van der Waals surface area contributed by atoms with Gasteiger partial charge in [-0.3, -0.25) is 23.9 Å². The fraction of sp³-hybridized carbons (Fsp3) is 0.810. The number of halogens is 6. The maximum absolute atomic E-state index is 13.2. The highest BCUT2D eigenvalue weighted by atomic mass is 19.4. The van der Waals surface area contributed by atoms with E-state index in [9.17, 15) is 50.6 Å². The molecule has 3 fully saturated rings. The number of piperidine rings is 1. The Morgan fingerprint density at radius 2 is 1.86 bits per heavy atom. The van der Waals surface area contributed by atoms with Gasteiger partial charge in [0.25, 0.3) is 5.91 Å². The fourth-order valence-electron chi connectivity index (χ4n) is 5.25. The van der Waals surface area contributed by atoms with Crippen LogP contribution in [-0.2, 0) is 23.9 Å². The number of fused-ring (bicyclic) bond motifs is 1. The molecule has 1 aliphatic carbocycles. The molecular formula is C21H27F6N3O6. The van der Waals surface area contributed by atoms with Gasteiger partial charge in [-0.15, -0.1) is 13.2 Å². The van der Waals surface area contributed by atoms with E-state index in [1.54, 1.807) is 13.8 Å². The molecule has 204 valence electrons. The van der Waals surface area contributed by atoms with Crippen LogP contribution in [0.4, 0.5) is 26.3 Å². The van der Waals surface area contributed by atoms with E-state index in [2.05, 4.69) is 15.4 Å². The second kappa shape index (κ2) is 9.80. The van der Waals surface area contributed by atoms with Crippen LogP contribution in [0.3, 0.4) is 0 Å². The van der Waals surface area contributed by atoms with Crippen LogP contribution in [0.15, 0.2) is 0 Å². The van der Waals surface area contributed by atoms with Crippen molar-refractivity contribution in [2.75, 3.05) is 19.7 Å². The van der Waals surface area contributed by atoms with E-state index in [4.69, 9.17) is 0 Å². The lowest BCUT2D eigenvalue weighted by Gasteiger charge is -2.33. The predicted octanol–water partition coefficient (Wildman–Crippen LogP) is 0.899. The number of nitrogens with one attached hydrogen (secondary N) is 2. The van der Waals surface area contributed by atoms with Gasteiger partial charge in [-0.25, -0.2) is 0 Å². The Hall–Kier alpha value is -2.42. The molecule has 2 saturated heterocycles. The first-order valence-corrected chi connectivity index (χ1v) is 11.3. The van der Waals surface area contributed by atoms with E-state index in [1.165, 1.54) is 0 Å². The van der Waals surface area contributed by atoms with Crippen molar-refractivity contribution in [1.82, 2.24) is 15.5 Å². The summed E-state index contributed by atoms with van der Waals surface area (Å²) in [5, 5.41) is 14.6. The Labute approximate surface area is 201 Å². The summed E-state index contributed by atoms with van der Waals surface area (Å²) in [4.78, 5) is 51.1. The SMILES string of the molecule is CC1(C)[C@@H]2[C@@H](C(=O)NC(CC3CCNC3=O)C(=O)COC(F)(F)F)N(C(=O)C(O)CC(F)(F)F)C[C@@H]21. The van der Waals surface area contributed by atoms with E-state index in [-0.39, 0.29) is 31.8 Å². The van der Waals surface area contributed by atoms with Crippen LogP contribution in [0, 0.1) is 23.2 Å². The Bertz CT molecular complexity index is 908. The Morgan fingerprint density at radius 3 is 2.39 bits per heavy atom. The number of ketones is 1. The first-order chi connectivity index (χ1) is 16.4. The van der Waals surface area contributed by atoms with Crippen LogP contribution in [-0.4, -0.2) is 83.9 Å². The third-order valence-electron chi connectivity index (χ3n) is 7.24. The number of aliphatic hydroxyl groups is 1. The minimum absolute atomic E-state index is 0.107. The van der Waals surface area contributed by atoms with Crippen molar-refractivity contribution in [2.45, 2.75) is 63.8 Å². The quantitative estimate of drug-likeness (QED) is 0.380. The van der Waals surface area contributed by atoms with Gasteiger partial charge in [0.05, 0.1) is 12.5 Å². The Kier molecular flexibility index (Phi) is 7.66. The number of hydrogen-bond donors (Lipinski definition) is 3. The molecule has 0 radical (unpaired) electrons. The van der Waals surface area contributed by atoms with Crippen molar-refractivity contribution >= 4 is 23.5 Å². The summed E-state index contributed by atoms with van der Waals surface area (Å²) in [5.41, 5.74) is -0.474. The Balaban J connectivity index is 1.78. The number of rotatable bonds is 9. The molecule has 0 aromatic rings. The maximum Gasteiger partial charge on any atom is 0.522 e. The predicted molar refractivity (Wildman–Crippen MR) is 108 cm³/mol. The van der Waals surface area contributed by atoms with E-state index >= 15 is 0 Å². The minimum Gasteiger partial charge on any atom is -0.383 e. The lowest BCUT2D eigenvalue weighted by molar-refractivity contribution is -0.321. The molecule has 6 atom stereocenters. The lowest BCUT2D eigenvalue weighted by atomic mass is 9.94. The molecule has 9 nitrogen and oxygen atoms in total. The highest BCUT2D eigenvalue weighted by Crippen LogP contribution is 2.65. The zero-order valence-electron chi connectivity index (χ0n) is 19.4. The molecule has 2 heterocycles. The molecule has 0 aromatic carbocycles. The number of alkyl halides is 6. The normalized spacial score (nSPS) is 28.8. The summed E-state index contributed by atoms with van der Waals surface area (Å²) in [6.07, 6.45) is -14.3. The molecule has 3 aliphatic rings. The first kappa shape index (κ1) is 28.2.